The molecule has 6 rings (SSSR count). The first-order chi connectivity index (χ1) is 23.3. The number of Topliss-reactive ketones (excluding diaryl/α,β-unsaturated/α-hetero) is 2. The maximum Gasteiger partial charge on any atom is 0.350 e. The fourth-order valence-electron chi connectivity index (χ4n) is 9.50. The number of epoxide rings is 1. The molecule has 6 aliphatic rings. The third kappa shape index (κ3) is 6.77. The molecular formula is C38H58N4O6. The lowest BCUT2D eigenvalue weighted by atomic mass is 9.60. The van der Waals surface area contributed by atoms with Crippen LogP contribution in [0, 0.1) is 29.6 Å². The molecule has 10 nitrogen and oxygen atoms in total. The van der Waals surface area contributed by atoms with E-state index in [0.717, 1.165) is 83.1 Å². The molecule has 0 aromatic heterocycles. The Kier molecular flexibility index (Phi) is 11.4. The van der Waals surface area contributed by atoms with Gasteiger partial charge in [-0.1, -0.05) is 43.6 Å². The smallest absolute Gasteiger partial charge is 0.350 e. The summed E-state index contributed by atoms with van der Waals surface area (Å²) in [6.07, 6.45) is 16.9. The molecule has 2 aliphatic heterocycles. The van der Waals surface area contributed by atoms with Crippen LogP contribution in [0.2, 0.25) is 0 Å². The predicted octanol–water partition coefficient (Wildman–Crippen LogP) is 3.46. The molecule has 9 unspecified atom stereocenters. The lowest BCUT2D eigenvalue weighted by molar-refractivity contribution is -0.160. The van der Waals surface area contributed by atoms with Crippen molar-refractivity contribution >= 4 is 17.5 Å². The Balaban J connectivity index is 1.19. The van der Waals surface area contributed by atoms with E-state index in [9.17, 15) is 19.5 Å². The fraction of sp³-hybridized carbons (Fsp3) is 0.763. The molecule has 0 amide bonds. The van der Waals surface area contributed by atoms with E-state index in [1.807, 2.05) is 14.0 Å². The van der Waals surface area contributed by atoms with Crippen LogP contribution in [-0.4, -0.2) is 86.1 Å². The Morgan fingerprint density at radius 1 is 1.10 bits per heavy atom. The van der Waals surface area contributed by atoms with Gasteiger partial charge in [-0.05, 0) is 108 Å². The number of ketones is 2. The van der Waals surface area contributed by atoms with Gasteiger partial charge >= 0.3 is 5.97 Å². The molecule has 0 aromatic rings. The van der Waals surface area contributed by atoms with Gasteiger partial charge < -0.3 is 30.5 Å². The standard InChI is InChI=1S/C38H58N4O6/c1-4-40-32-19-27-10-6-5-9-26(27)18-28(32)22-47-36(46)38-35(45)31-12-8-7-11-30(31)34(44)37(38,48-38)20-29(21-43)24(2)13-14-25-15-16-41-33(17-25)42-23-39-3/h6,10,19,25-26,28,30-33,39-43H,4-5,7-9,11-18,20-23H2,1-3H3. The van der Waals surface area contributed by atoms with Crippen molar-refractivity contribution in [1.29, 1.82) is 0 Å². The number of carbonyl (C=O) groups is 3. The number of hydrogen-bond donors (Lipinski definition) is 5. The first-order valence-corrected chi connectivity index (χ1v) is 18.7. The summed E-state index contributed by atoms with van der Waals surface area (Å²) in [6, 6.07) is 0.0616. The average molecular weight is 667 g/mol. The molecule has 48 heavy (non-hydrogen) atoms. The van der Waals surface area contributed by atoms with Crippen molar-refractivity contribution in [3.63, 3.8) is 0 Å². The summed E-state index contributed by atoms with van der Waals surface area (Å²) in [6.45, 7) is 6.49. The third-order valence-corrected chi connectivity index (χ3v) is 12.3. The lowest BCUT2D eigenvalue weighted by Crippen LogP contribution is -2.58. The third-order valence-electron chi connectivity index (χ3n) is 12.3. The highest BCUT2D eigenvalue weighted by atomic mass is 16.7. The molecule has 0 aromatic carbocycles. The Morgan fingerprint density at radius 2 is 1.90 bits per heavy atom. The molecule has 0 radical (unpaired) electrons. The summed E-state index contributed by atoms with van der Waals surface area (Å²) in [5, 5.41) is 24.3. The van der Waals surface area contributed by atoms with Gasteiger partial charge in [0.15, 0.2) is 17.2 Å². The largest absolute Gasteiger partial charge is 0.463 e. The molecule has 0 bridgehead atoms. The second-order valence-electron chi connectivity index (χ2n) is 15.2. The van der Waals surface area contributed by atoms with Crippen molar-refractivity contribution in [2.45, 2.75) is 114 Å². The molecule has 266 valence electrons. The van der Waals surface area contributed by atoms with Gasteiger partial charge in [-0.15, -0.1) is 0 Å². The first-order valence-electron chi connectivity index (χ1n) is 18.7. The van der Waals surface area contributed by atoms with Crippen LogP contribution in [0.1, 0.15) is 90.9 Å². The summed E-state index contributed by atoms with van der Waals surface area (Å²) in [5.41, 5.74) is -0.458. The number of allylic oxidation sites excluding steroid dienone is 4. The van der Waals surface area contributed by atoms with Crippen LogP contribution in [0.3, 0.4) is 0 Å². The molecule has 9 atom stereocenters. The number of nitrogens with one attached hydrogen (secondary N) is 4. The average Bonchev–Trinajstić information content (AvgIpc) is 3.82. The monoisotopic (exact) mass is 666 g/mol. The minimum atomic E-state index is -1.92. The van der Waals surface area contributed by atoms with Gasteiger partial charge in [0, 0.05) is 36.9 Å². The molecule has 10 heteroatoms. The van der Waals surface area contributed by atoms with Crippen LogP contribution >= 0.6 is 0 Å². The maximum atomic E-state index is 14.3. The molecule has 5 N–H and O–H groups in total. The summed E-state index contributed by atoms with van der Waals surface area (Å²) >= 11 is 0. The summed E-state index contributed by atoms with van der Waals surface area (Å²) < 4.78 is 12.3. The molecular weight excluding hydrogens is 608 g/mol. The van der Waals surface area contributed by atoms with Crippen LogP contribution < -0.4 is 21.3 Å². The van der Waals surface area contributed by atoms with Gasteiger partial charge in [-0.25, -0.2) is 4.79 Å². The van der Waals surface area contributed by atoms with E-state index < -0.39 is 29.0 Å². The molecule has 4 fully saturated rings. The quantitative estimate of drug-likeness (QED) is 0.0616. The number of ether oxygens (including phenoxy) is 2. The van der Waals surface area contributed by atoms with E-state index in [0.29, 0.717) is 30.3 Å². The number of fused-ring (bicyclic) bond motifs is 3. The van der Waals surface area contributed by atoms with E-state index in [-0.39, 0.29) is 49.3 Å². The van der Waals surface area contributed by atoms with E-state index in [2.05, 4.69) is 46.4 Å². The summed E-state index contributed by atoms with van der Waals surface area (Å²) in [7, 11) is 1.92. The Bertz CT molecular complexity index is 1310. The number of likely N-dealkylation sites (N-methyl/N-ethyl adjacent to an activating group) is 1. The zero-order chi connectivity index (χ0) is 33.9. The summed E-state index contributed by atoms with van der Waals surface area (Å²) in [5.74, 6) is -1.07. The van der Waals surface area contributed by atoms with Gasteiger partial charge in [-0.3, -0.25) is 14.9 Å². The zero-order valence-corrected chi connectivity index (χ0v) is 29.3. The molecule has 4 aliphatic carbocycles. The van der Waals surface area contributed by atoms with Gasteiger partial charge in [0.1, 0.15) is 0 Å². The minimum absolute atomic E-state index is 0.0563. The van der Waals surface area contributed by atoms with Crippen LogP contribution in [0.4, 0.5) is 0 Å². The molecule has 2 heterocycles. The van der Waals surface area contributed by atoms with Crippen molar-refractivity contribution in [2.75, 3.05) is 40.0 Å². The van der Waals surface area contributed by atoms with Gasteiger partial charge in [0.2, 0.25) is 0 Å². The number of piperidine rings is 1. The molecule has 2 saturated carbocycles. The number of rotatable bonds is 14. The van der Waals surface area contributed by atoms with E-state index in [4.69, 9.17) is 9.47 Å². The zero-order valence-electron chi connectivity index (χ0n) is 29.3. The second-order valence-corrected chi connectivity index (χ2v) is 15.2. The number of aliphatic hydroxyl groups excluding tert-OH is 1. The number of esters is 1. The highest BCUT2D eigenvalue weighted by molar-refractivity contribution is 6.23. The van der Waals surface area contributed by atoms with Gasteiger partial charge in [-0.2, -0.15) is 0 Å². The van der Waals surface area contributed by atoms with E-state index >= 15 is 0 Å². The predicted molar refractivity (Wildman–Crippen MR) is 184 cm³/mol. The topological polar surface area (TPSA) is 141 Å². The van der Waals surface area contributed by atoms with Crippen LogP contribution in [-0.2, 0) is 23.9 Å². The minimum Gasteiger partial charge on any atom is -0.463 e. The van der Waals surface area contributed by atoms with Crippen molar-refractivity contribution in [3.8, 4) is 0 Å². The van der Waals surface area contributed by atoms with E-state index in [1.54, 1.807) is 0 Å². The van der Waals surface area contributed by atoms with Crippen molar-refractivity contribution in [1.82, 2.24) is 21.3 Å². The fourth-order valence-corrected chi connectivity index (χ4v) is 9.50. The lowest BCUT2D eigenvalue weighted by Gasteiger charge is -2.38. The van der Waals surface area contributed by atoms with Gasteiger partial charge in [0.05, 0.1) is 19.4 Å². The van der Waals surface area contributed by atoms with Crippen LogP contribution in [0.5, 0.6) is 0 Å². The highest BCUT2D eigenvalue weighted by Gasteiger charge is 2.87. The molecule has 2 saturated heterocycles. The Labute approximate surface area is 286 Å². The number of hydrogen-bond acceptors (Lipinski definition) is 10. The van der Waals surface area contributed by atoms with Crippen LogP contribution in [0.15, 0.2) is 34.9 Å². The molecule has 0 spiro atoms. The maximum absolute atomic E-state index is 14.3. The number of aliphatic hydroxyl groups is 1. The van der Waals surface area contributed by atoms with Crippen molar-refractivity contribution < 1.29 is 29.0 Å². The SMILES string of the molecule is CCNC1C=C2C=CCCC2CC1COC(=O)C12OC1(CC(CO)=C(C)CCC1CCNC(NCNC)C1)C(=O)C1CCCCC1C2=O. The van der Waals surface area contributed by atoms with Crippen molar-refractivity contribution in [2.24, 2.45) is 29.6 Å². The van der Waals surface area contributed by atoms with Gasteiger partial charge in [0.25, 0.3) is 5.60 Å². The highest BCUT2D eigenvalue weighted by Crippen LogP contribution is 2.62. The first kappa shape index (κ1) is 35.6. The Morgan fingerprint density at radius 3 is 2.65 bits per heavy atom. The normalized spacial score (nSPS) is 37.9. The number of carbonyl (C=O) groups excluding carboxylic acids is 3. The van der Waals surface area contributed by atoms with E-state index in [1.165, 1.54) is 5.57 Å². The Hall–Kier alpha value is -2.21. The summed E-state index contributed by atoms with van der Waals surface area (Å²) in [4.78, 5) is 42.8. The van der Waals surface area contributed by atoms with Crippen LogP contribution in [0.25, 0.3) is 0 Å². The second kappa shape index (κ2) is 15.4. The van der Waals surface area contributed by atoms with Crippen molar-refractivity contribution in [3.05, 3.63) is 34.9 Å².